The standard InChI is InChI=1S/C16H16FN5/c1-21(16-2-4-19-11-20-16)14-3-5-22(10-14)15-7-12(9-18)6-13(17)8-15/h2,4,6-8,11,14H,3,5,10H2,1H3. The molecule has 5 nitrogen and oxygen atoms in total. The number of nitrogens with zero attached hydrogens (tertiary/aromatic N) is 5. The second kappa shape index (κ2) is 5.98. The number of likely N-dealkylation sites (N-methyl/N-ethyl adjacent to an activating group) is 1. The summed E-state index contributed by atoms with van der Waals surface area (Å²) in [4.78, 5) is 12.4. The summed E-state index contributed by atoms with van der Waals surface area (Å²) in [5, 5.41) is 8.96. The van der Waals surface area contributed by atoms with E-state index in [0.717, 1.165) is 31.0 Å². The van der Waals surface area contributed by atoms with Crippen LogP contribution in [0.1, 0.15) is 12.0 Å². The van der Waals surface area contributed by atoms with Crippen LogP contribution < -0.4 is 9.80 Å². The molecular weight excluding hydrogens is 281 g/mol. The third-order valence-corrected chi connectivity index (χ3v) is 4.02. The Morgan fingerprint density at radius 3 is 3.00 bits per heavy atom. The molecule has 22 heavy (non-hydrogen) atoms. The third-order valence-electron chi connectivity index (χ3n) is 4.02. The largest absolute Gasteiger partial charge is 0.369 e. The van der Waals surface area contributed by atoms with Gasteiger partial charge in [0, 0.05) is 38.1 Å². The van der Waals surface area contributed by atoms with Crippen LogP contribution in [0, 0.1) is 17.1 Å². The van der Waals surface area contributed by atoms with Crippen LogP contribution in [-0.4, -0.2) is 36.1 Å². The van der Waals surface area contributed by atoms with Crippen molar-refractivity contribution >= 4 is 11.5 Å². The number of hydrogen-bond acceptors (Lipinski definition) is 5. The number of halogens is 1. The van der Waals surface area contributed by atoms with Crippen molar-refractivity contribution < 1.29 is 4.39 Å². The predicted octanol–water partition coefficient (Wildman–Crippen LogP) is 2.20. The second-order valence-corrected chi connectivity index (χ2v) is 5.38. The molecule has 0 spiro atoms. The van der Waals surface area contributed by atoms with Crippen molar-refractivity contribution in [1.82, 2.24) is 9.97 Å². The molecule has 0 amide bonds. The highest BCUT2D eigenvalue weighted by molar-refractivity contribution is 5.53. The van der Waals surface area contributed by atoms with E-state index >= 15 is 0 Å². The molecule has 112 valence electrons. The second-order valence-electron chi connectivity index (χ2n) is 5.38. The van der Waals surface area contributed by atoms with E-state index in [2.05, 4.69) is 19.8 Å². The lowest BCUT2D eigenvalue weighted by Crippen LogP contribution is -2.35. The van der Waals surface area contributed by atoms with E-state index in [-0.39, 0.29) is 5.82 Å². The molecule has 1 aromatic carbocycles. The van der Waals surface area contributed by atoms with Gasteiger partial charge in [-0.05, 0) is 30.7 Å². The van der Waals surface area contributed by atoms with Gasteiger partial charge in [-0.1, -0.05) is 0 Å². The maximum atomic E-state index is 13.6. The van der Waals surface area contributed by atoms with Gasteiger partial charge in [0.05, 0.1) is 11.6 Å². The molecule has 1 unspecified atom stereocenters. The number of hydrogen-bond donors (Lipinski definition) is 0. The van der Waals surface area contributed by atoms with E-state index < -0.39 is 0 Å². The summed E-state index contributed by atoms with van der Waals surface area (Å²) >= 11 is 0. The van der Waals surface area contributed by atoms with E-state index in [0.29, 0.717) is 11.6 Å². The van der Waals surface area contributed by atoms with Gasteiger partial charge in [-0.2, -0.15) is 5.26 Å². The molecule has 1 aromatic heterocycles. The summed E-state index contributed by atoms with van der Waals surface area (Å²) in [5.41, 5.74) is 1.11. The third kappa shape index (κ3) is 2.84. The molecule has 1 aliphatic heterocycles. The zero-order valence-corrected chi connectivity index (χ0v) is 12.3. The lowest BCUT2D eigenvalue weighted by atomic mass is 10.2. The van der Waals surface area contributed by atoms with E-state index in [1.54, 1.807) is 12.3 Å². The van der Waals surface area contributed by atoms with Gasteiger partial charge in [0.15, 0.2) is 0 Å². The molecular formula is C16H16FN5. The SMILES string of the molecule is CN(c1ccncn1)C1CCN(c2cc(F)cc(C#N)c2)C1. The Kier molecular flexibility index (Phi) is 3.88. The Labute approximate surface area is 128 Å². The highest BCUT2D eigenvalue weighted by Crippen LogP contribution is 2.26. The maximum Gasteiger partial charge on any atom is 0.131 e. The number of aromatic nitrogens is 2. The van der Waals surface area contributed by atoms with Crippen molar-refractivity contribution in [2.45, 2.75) is 12.5 Å². The maximum absolute atomic E-state index is 13.6. The van der Waals surface area contributed by atoms with Gasteiger partial charge >= 0.3 is 0 Å². The molecule has 1 atom stereocenters. The van der Waals surface area contributed by atoms with E-state index in [1.807, 2.05) is 19.2 Å². The van der Waals surface area contributed by atoms with E-state index in [4.69, 9.17) is 5.26 Å². The lowest BCUT2D eigenvalue weighted by molar-refractivity contribution is 0.626. The van der Waals surface area contributed by atoms with Gasteiger partial charge in [0.2, 0.25) is 0 Å². The molecule has 0 radical (unpaired) electrons. The predicted molar refractivity (Wildman–Crippen MR) is 82.2 cm³/mol. The molecule has 1 saturated heterocycles. The molecule has 0 saturated carbocycles. The Morgan fingerprint density at radius 2 is 2.27 bits per heavy atom. The topological polar surface area (TPSA) is 56.1 Å². The number of nitriles is 1. The summed E-state index contributed by atoms with van der Waals surface area (Å²) in [6.07, 6.45) is 4.21. The Hall–Kier alpha value is -2.68. The van der Waals surface area contributed by atoms with Gasteiger partial charge in [-0.25, -0.2) is 14.4 Å². The van der Waals surface area contributed by atoms with Gasteiger partial charge in [-0.3, -0.25) is 0 Å². The minimum atomic E-state index is -0.373. The van der Waals surface area contributed by atoms with Crippen LogP contribution in [0.2, 0.25) is 0 Å². The summed E-state index contributed by atoms with van der Waals surface area (Å²) in [5.74, 6) is 0.500. The van der Waals surface area contributed by atoms with E-state index in [1.165, 1.54) is 18.5 Å². The van der Waals surface area contributed by atoms with Crippen molar-refractivity contribution in [3.05, 3.63) is 48.2 Å². The minimum absolute atomic E-state index is 0.295. The smallest absolute Gasteiger partial charge is 0.131 e. The summed E-state index contributed by atoms with van der Waals surface area (Å²) in [6, 6.07) is 8.63. The molecule has 0 aliphatic carbocycles. The molecule has 3 rings (SSSR count). The Balaban J connectivity index is 1.75. The highest BCUT2D eigenvalue weighted by atomic mass is 19.1. The Morgan fingerprint density at radius 1 is 1.41 bits per heavy atom. The normalized spacial score (nSPS) is 17.3. The zero-order chi connectivity index (χ0) is 15.5. The molecule has 1 fully saturated rings. The fraction of sp³-hybridized carbons (Fsp3) is 0.312. The van der Waals surface area contributed by atoms with Gasteiger partial charge < -0.3 is 9.80 Å². The van der Waals surface area contributed by atoms with Gasteiger partial charge in [-0.15, -0.1) is 0 Å². The Bertz CT molecular complexity index is 697. The van der Waals surface area contributed by atoms with Crippen LogP contribution in [0.15, 0.2) is 36.8 Å². The molecule has 0 N–H and O–H groups in total. The highest BCUT2D eigenvalue weighted by Gasteiger charge is 2.27. The summed E-state index contributed by atoms with van der Waals surface area (Å²) in [6.45, 7) is 1.60. The van der Waals surface area contributed by atoms with Crippen LogP contribution >= 0.6 is 0 Å². The average Bonchev–Trinajstić information content (AvgIpc) is 3.04. The van der Waals surface area contributed by atoms with Gasteiger partial charge in [0.1, 0.15) is 18.0 Å². The first kappa shape index (κ1) is 14.3. The summed E-state index contributed by atoms with van der Waals surface area (Å²) in [7, 11) is 2.00. The van der Waals surface area contributed by atoms with Crippen molar-refractivity contribution in [2.75, 3.05) is 29.9 Å². The first-order valence-corrected chi connectivity index (χ1v) is 7.12. The van der Waals surface area contributed by atoms with Gasteiger partial charge in [0.25, 0.3) is 0 Å². The van der Waals surface area contributed by atoms with Crippen LogP contribution in [0.5, 0.6) is 0 Å². The number of benzene rings is 1. The average molecular weight is 297 g/mol. The summed E-state index contributed by atoms with van der Waals surface area (Å²) < 4.78 is 13.6. The van der Waals surface area contributed by atoms with Crippen LogP contribution in [0.25, 0.3) is 0 Å². The molecule has 2 heterocycles. The van der Waals surface area contributed by atoms with Crippen molar-refractivity contribution in [1.29, 1.82) is 5.26 Å². The van der Waals surface area contributed by atoms with Crippen LogP contribution in [0.4, 0.5) is 15.9 Å². The van der Waals surface area contributed by atoms with Crippen molar-refractivity contribution in [3.8, 4) is 6.07 Å². The monoisotopic (exact) mass is 297 g/mol. The van der Waals surface area contributed by atoms with Crippen molar-refractivity contribution in [3.63, 3.8) is 0 Å². The number of anilines is 2. The molecule has 1 aliphatic rings. The fourth-order valence-corrected chi connectivity index (χ4v) is 2.79. The molecule has 6 heteroatoms. The minimum Gasteiger partial charge on any atom is -0.369 e. The van der Waals surface area contributed by atoms with Crippen molar-refractivity contribution in [2.24, 2.45) is 0 Å². The number of rotatable bonds is 3. The van der Waals surface area contributed by atoms with E-state index in [9.17, 15) is 4.39 Å². The quantitative estimate of drug-likeness (QED) is 0.869. The fourth-order valence-electron chi connectivity index (χ4n) is 2.79. The first-order chi connectivity index (χ1) is 10.7. The zero-order valence-electron chi connectivity index (χ0n) is 12.3. The van der Waals surface area contributed by atoms with Crippen LogP contribution in [-0.2, 0) is 0 Å². The van der Waals surface area contributed by atoms with Crippen LogP contribution in [0.3, 0.4) is 0 Å². The molecule has 2 aromatic rings. The first-order valence-electron chi connectivity index (χ1n) is 7.12. The lowest BCUT2D eigenvalue weighted by Gasteiger charge is -2.26. The molecule has 0 bridgehead atoms.